The van der Waals surface area contributed by atoms with Crippen LogP contribution in [0.4, 0.5) is 10.1 Å². The minimum absolute atomic E-state index is 0.191. The first-order chi connectivity index (χ1) is 13.5. The molecule has 0 unspecified atom stereocenters. The summed E-state index contributed by atoms with van der Waals surface area (Å²) >= 11 is 3.54. The Kier molecular flexibility index (Phi) is 4.92. The summed E-state index contributed by atoms with van der Waals surface area (Å²) in [4.78, 5) is 19.3. The predicted octanol–water partition coefficient (Wildman–Crippen LogP) is 5.73. The number of rotatable bonds is 3. The van der Waals surface area contributed by atoms with Gasteiger partial charge in [-0.15, -0.1) is 0 Å². The van der Waals surface area contributed by atoms with Gasteiger partial charge in [-0.1, -0.05) is 70.0 Å². The molecule has 0 radical (unpaired) electrons. The van der Waals surface area contributed by atoms with E-state index in [1.807, 2.05) is 55.5 Å². The summed E-state index contributed by atoms with van der Waals surface area (Å²) in [7, 11) is 0. The maximum atomic E-state index is 14.1. The first-order valence-electron chi connectivity index (χ1n) is 8.75. The van der Waals surface area contributed by atoms with Gasteiger partial charge in [-0.3, -0.25) is 9.69 Å². The van der Waals surface area contributed by atoms with Gasteiger partial charge in [0.1, 0.15) is 17.3 Å². The second kappa shape index (κ2) is 7.52. The van der Waals surface area contributed by atoms with E-state index in [4.69, 9.17) is 0 Å². The van der Waals surface area contributed by atoms with Gasteiger partial charge in [0, 0.05) is 15.6 Å². The van der Waals surface area contributed by atoms with E-state index in [1.165, 1.54) is 12.1 Å². The van der Waals surface area contributed by atoms with Gasteiger partial charge in [-0.2, -0.15) is 0 Å². The highest BCUT2D eigenvalue weighted by molar-refractivity contribution is 9.10. The number of aliphatic imine (C=N–C) groups is 1. The van der Waals surface area contributed by atoms with Crippen LogP contribution in [0.5, 0.6) is 0 Å². The second-order valence-electron chi connectivity index (χ2n) is 6.44. The molecule has 3 aromatic carbocycles. The summed E-state index contributed by atoms with van der Waals surface area (Å²) in [5.74, 6) is -0.184. The van der Waals surface area contributed by atoms with E-state index in [2.05, 4.69) is 20.9 Å². The minimum Gasteiger partial charge on any atom is -0.266 e. The van der Waals surface area contributed by atoms with Gasteiger partial charge in [0.2, 0.25) is 0 Å². The number of hydrogen-bond donors (Lipinski definition) is 0. The van der Waals surface area contributed by atoms with E-state index < -0.39 is 5.82 Å². The lowest BCUT2D eigenvalue weighted by molar-refractivity contribution is -0.113. The molecule has 0 saturated carbocycles. The highest BCUT2D eigenvalue weighted by Crippen LogP contribution is 2.30. The third kappa shape index (κ3) is 3.41. The molecule has 0 atom stereocenters. The van der Waals surface area contributed by atoms with Crippen LogP contribution in [0.15, 0.2) is 88.0 Å². The molecule has 0 bridgehead atoms. The number of carbonyl (C=O) groups is 1. The van der Waals surface area contributed by atoms with Crippen molar-refractivity contribution in [3.05, 3.63) is 105 Å². The van der Waals surface area contributed by atoms with Gasteiger partial charge in [0.05, 0.1) is 5.69 Å². The molecule has 0 fully saturated rings. The van der Waals surface area contributed by atoms with Crippen LogP contribution in [0, 0.1) is 12.7 Å². The standard InChI is InChI=1S/C23H16BrFN2O/c1-15-10-12-17(13-11-15)27-22(18-7-3-4-8-19(18)24)26-21(23(27)28)14-16-6-2-5-9-20(16)25/h2-14H,1H3/b21-14+. The van der Waals surface area contributed by atoms with Crippen LogP contribution in [-0.2, 0) is 4.79 Å². The second-order valence-corrected chi connectivity index (χ2v) is 7.30. The molecule has 1 aliphatic heterocycles. The summed E-state index contributed by atoms with van der Waals surface area (Å²) in [5.41, 5.74) is 3.11. The molecule has 5 heteroatoms. The van der Waals surface area contributed by atoms with E-state index in [0.717, 1.165) is 15.6 Å². The van der Waals surface area contributed by atoms with Crippen molar-refractivity contribution < 1.29 is 9.18 Å². The number of anilines is 1. The van der Waals surface area contributed by atoms with Crippen LogP contribution < -0.4 is 4.90 Å². The van der Waals surface area contributed by atoms with Gasteiger partial charge in [-0.05, 0) is 37.3 Å². The molecule has 0 aromatic heterocycles. The summed E-state index contributed by atoms with van der Waals surface area (Å²) in [5, 5.41) is 0. The van der Waals surface area contributed by atoms with E-state index in [-0.39, 0.29) is 11.6 Å². The summed E-state index contributed by atoms with van der Waals surface area (Å²) in [6, 6.07) is 21.6. The zero-order valence-electron chi connectivity index (χ0n) is 15.1. The third-order valence-corrected chi connectivity index (χ3v) is 5.16. The number of hydrogen-bond acceptors (Lipinski definition) is 2. The van der Waals surface area contributed by atoms with Crippen molar-refractivity contribution in [1.29, 1.82) is 0 Å². The van der Waals surface area contributed by atoms with E-state index >= 15 is 0 Å². The molecule has 4 rings (SSSR count). The number of amides is 1. The molecule has 3 aromatic rings. The van der Waals surface area contributed by atoms with Crippen molar-refractivity contribution >= 4 is 39.4 Å². The fraction of sp³-hybridized carbons (Fsp3) is 0.0435. The van der Waals surface area contributed by atoms with Gasteiger partial charge < -0.3 is 0 Å². The molecule has 0 N–H and O–H groups in total. The third-order valence-electron chi connectivity index (χ3n) is 4.46. The van der Waals surface area contributed by atoms with Crippen LogP contribution in [0.3, 0.4) is 0 Å². The monoisotopic (exact) mass is 434 g/mol. The smallest absolute Gasteiger partial charge is 0.266 e. The normalized spacial score (nSPS) is 15.2. The first kappa shape index (κ1) is 18.3. The van der Waals surface area contributed by atoms with Gasteiger partial charge in [0.25, 0.3) is 5.91 Å². The fourth-order valence-electron chi connectivity index (χ4n) is 3.01. The molecule has 0 saturated heterocycles. The molecule has 138 valence electrons. The molecule has 28 heavy (non-hydrogen) atoms. The van der Waals surface area contributed by atoms with E-state index in [9.17, 15) is 9.18 Å². The zero-order chi connectivity index (χ0) is 19.7. The maximum Gasteiger partial charge on any atom is 0.282 e. The molecule has 1 aliphatic rings. The SMILES string of the molecule is Cc1ccc(N2C(=O)/C(=C\c3ccccc3F)N=C2c2ccccc2Br)cc1. The highest BCUT2D eigenvalue weighted by atomic mass is 79.9. The quantitative estimate of drug-likeness (QED) is 0.484. The van der Waals surface area contributed by atoms with Crippen LogP contribution in [0.25, 0.3) is 6.08 Å². The van der Waals surface area contributed by atoms with Crippen molar-refractivity contribution in [2.45, 2.75) is 6.92 Å². The van der Waals surface area contributed by atoms with Crippen LogP contribution in [-0.4, -0.2) is 11.7 Å². The molecule has 3 nitrogen and oxygen atoms in total. The number of amidine groups is 1. The number of aryl methyl sites for hydroxylation is 1. The Hall–Kier alpha value is -3.05. The Morgan fingerprint density at radius 2 is 1.64 bits per heavy atom. The average molecular weight is 435 g/mol. The Morgan fingerprint density at radius 1 is 0.964 bits per heavy atom. The van der Waals surface area contributed by atoms with E-state index in [1.54, 1.807) is 23.1 Å². The number of halogens is 2. The average Bonchev–Trinajstić information content (AvgIpc) is 3.01. The van der Waals surface area contributed by atoms with Crippen LogP contribution in [0.2, 0.25) is 0 Å². The van der Waals surface area contributed by atoms with Gasteiger partial charge >= 0.3 is 0 Å². The summed E-state index contributed by atoms with van der Waals surface area (Å²) in [6.45, 7) is 1.99. The molecule has 1 amide bonds. The van der Waals surface area contributed by atoms with E-state index in [0.29, 0.717) is 17.1 Å². The molecule has 1 heterocycles. The Balaban J connectivity index is 1.87. The Bertz CT molecular complexity index is 1120. The molecule has 0 aliphatic carbocycles. The lowest BCUT2D eigenvalue weighted by atomic mass is 10.1. The first-order valence-corrected chi connectivity index (χ1v) is 9.55. The van der Waals surface area contributed by atoms with Crippen molar-refractivity contribution in [2.75, 3.05) is 4.90 Å². The highest BCUT2D eigenvalue weighted by Gasteiger charge is 2.33. The van der Waals surface area contributed by atoms with Crippen molar-refractivity contribution in [3.8, 4) is 0 Å². The largest absolute Gasteiger partial charge is 0.282 e. The number of nitrogens with zero attached hydrogens (tertiary/aromatic N) is 2. The Morgan fingerprint density at radius 3 is 2.36 bits per heavy atom. The lowest BCUT2D eigenvalue weighted by Crippen LogP contribution is -2.32. The van der Waals surface area contributed by atoms with Gasteiger partial charge in [-0.25, -0.2) is 9.38 Å². The number of carbonyl (C=O) groups excluding carboxylic acids is 1. The number of benzene rings is 3. The van der Waals surface area contributed by atoms with Crippen molar-refractivity contribution in [3.63, 3.8) is 0 Å². The molecular formula is C23H16BrFN2O. The fourth-order valence-corrected chi connectivity index (χ4v) is 3.47. The van der Waals surface area contributed by atoms with Crippen LogP contribution in [0.1, 0.15) is 16.7 Å². The van der Waals surface area contributed by atoms with Gasteiger partial charge in [0.15, 0.2) is 0 Å². The zero-order valence-corrected chi connectivity index (χ0v) is 16.7. The maximum absolute atomic E-state index is 14.1. The van der Waals surface area contributed by atoms with Crippen molar-refractivity contribution in [1.82, 2.24) is 0 Å². The summed E-state index contributed by atoms with van der Waals surface area (Å²) in [6.07, 6.45) is 1.49. The van der Waals surface area contributed by atoms with Crippen molar-refractivity contribution in [2.24, 2.45) is 4.99 Å². The predicted molar refractivity (Wildman–Crippen MR) is 114 cm³/mol. The minimum atomic E-state index is -0.394. The van der Waals surface area contributed by atoms with Crippen LogP contribution >= 0.6 is 15.9 Å². The topological polar surface area (TPSA) is 32.7 Å². The summed E-state index contributed by atoms with van der Waals surface area (Å²) < 4.78 is 14.9. The lowest BCUT2D eigenvalue weighted by Gasteiger charge is -2.19. The molecular weight excluding hydrogens is 419 g/mol. The molecule has 0 spiro atoms. The Labute approximate surface area is 171 Å².